The van der Waals surface area contributed by atoms with Crippen molar-refractivity contribution in [3.8, 4) is 17.2 Å². The van der Waals surface area contributed by atoms with Crippen LogP contribution in [0.3, 0.4) is 0 Å². The highest BCUT2D eigenvalue weighted by atomic mass is 16.6. The summed E-state index contributed by atoms with van der Waals surface area (Å²) < 4.78 is 28.4. The van der Waals surface area contributed by atoms with Gasteiger partial charge >= 0.3 is 6.09 Å². The molecule has 5 rings (SSSR count). The molecule has 3 aromatic rings. The molecule has 0 saturated carbocycles. The highest BCUT2D eigenvalue weighted by molar-refractivity contribution is 5.84. The number of rotatable bonds is 8. The first-order chi connectivity index (χ1) is 17.6. The first-order valence-electron chi connectivity index (χ1n) is 11.6. The number of anilines is 1. The molecule has 2 fully saturated rings. The fraction of sp³-hybridized carbons (Fsp3) is 0.259. The largest absolute Gasteiger partial charge is 0.484 e. The quantitative estimate of drug-likeness (QED) is 0.496. The predicted molar refractivity (Wildman–Crippen MR) is 130 cm³/mol. The summed E-state index contributed by atoms with van der Waals surface area (Å²) in [5, 5.41) is 5.58. The second-order valence-electron chi connectivity index (χ2n) is 8.38. The zero-order chi connectivity index (χ0) is 24.7. The molecule has 2 N–H and O–H groups in total. The van der Waals surface area contributed by atoms with E-state index in [4.69, 9.17) is 23.7 Å². The summed E-state index contributed by atoms with van der Waals surface area (Å²) in [5.74, 6) is 1.71. The lowest BCUT2D eigenvalue weighted by Gasteiger charge is -2.18. The van der Waals surface area contributed by atoms with Crippen molar-refractivity contribution in [1.82, 2.24) is 5.32 Å². The van der Waals surface area contributed by atoms with Crippen LogP contribution in [0, 0.1) is 0 Å². The SMILES string of the molecule is O=C(COc1ccccc1)N[C@@H]1CO[C@@H]2[C@@H]1OC[C@H]2OC(=O)Nc1ccc(Oc2ccccc2)cc1. The molecule has 2 heterocycles. The Morgan fingerprint density at radius 3 is 2.14 bits per heavy atom. The summed E-state index contributed by atoms with van der Waals surface area (Å²) in [4.78, 5) is 24.7. The summed E-state index contributed by atoms with van der Waals surface area (Å²) in [6.07, 6.45) is -2.07. The number of hydrogen-bond donors (Lipinski definition) is 2. The van der Waals surface area contributed by atoms with E-state index < -0.39 is 24.4 Å². The van der Waals surface area contributed by atoms with Gasteiger partial charge in [0, 0.05) is 5.69 Å². The van der Waals surface area contributed by atoms with Crippen LogP contribution in [0.25, 0.3) is 0 Å². The standard InChI is InChI=1S/C27H26N2O7/c30-24(17-32-19-7-3-1-4-8-19)29-22-15-33-26-23(16-34-25(22)26)36-27(31)28-18-11-13-21(14-12-18)35-20-9-5-2-6-10-20/h1-14,22-23,25-26H,15-17H2,(H,28,31)(H,29,30)/t22-,23-,25-,26+/m1/s1. The molecule has 0 radical (unpaired) electrons. The van der Waals surface area contributed by atoms with Crippen molar-refractivity contribution >= 4 is 17.7 Å². The number of hydrogen-bond acceptors (Lipinski definition) is 7. The van der Waals surface area contributed by atoms with E-state index in [0.29, 0.717) is 17.2 Å². The molecule has 9 nitrogen and oxygen atoms in total. The van der Waals surface area contributed by atoms with Crippen molar-refractivity contribution in [3.05, 3.63) is 84.9 Å². The fourth-order valence-corrected chi connectivity index (χ4v) is 4.12. The summed E-state index contributed by atoms with van der Waals surface area (Å²) in [7, 11) is 0. The second kappa shape index (κ2) is 11.1. The number of ether oxygens (including phenoxy) is 5. The van der Waals surface area contributed by atoms with Gasteiger partial charge in [-0.1, -0.05) is 36.4 Å². The van der Waals surface area contributed by atoms with Crippen molar-refractivity contribution in [2.45, 2.75) is 24.4 Å². The highest BCUT2D eigenvalue weighted by Crippen LogP contribution is 2.29. The van der Waals surface area contributed by atoms with Crippen LogP contribution in [0.5, 0.6) is 17.2 Å². The van der Waals surface area contributed by atoms with Gasteiger partial charge in [0.2, 0.25) is 0 Å². The minimum Gasteiger partial charge on any atom is -0.484 e. The molecule has 9 heteroatoms. The summed E-state index contributed by atoms with van der Waals surface area (Å²) in [6, 6.07) is 25.1. The average Bonchev–Trinajstić information content (AvgIpc) is 3.48. The smallest absolute Gasteiger partial charge is 0.412 e. The Balaban J connectivity index is 1.07. The van der Waals surface area contributed by atoms with Crippen molar-refractivity contribution < 1.29 is 33.3 Å². The number of nitrogens with one attached hydrogen (secondary N) is 2. The van der Waals surface area contributed by atoms with E-state index in [1.54, 1.807) is 36.4 Å². The van der Waals surface area contributed by atoms with Crippen molar-refractivity contribution in [1.29, 1.82) is 0 Å². The molecule has 0 aliphatic carbocycles. The number of para-hydroxylation sites is 2. The van der Waals surface area contributed by atoms with Crippen LogP contribution in [0.2, 0.25) is 0 Å². The van der Waals surface area contributed by atoms with Gasteiger partial charge in [0.1, 0.15) is 29.5 Å². The molecule has 36 heavy (non-hydrogen) atoms. The third-order valence-electron chi connectivity index (χ3n) is 5.81. The maximum atomic E-state index is 12.5. The Morgan fingerprint density at radius 1 is 0.778 bits per heavy atom. The van der Waals surface area contributed by atoms with Gasteiger partial charge in [0.25, 0.3) is 5.91 Å². The Bertz CT molecular complexity index is 1160. The van der Waals surface area contributed by atoms with Gasteiger partial charge in [0.15, 0.2) is 12.7 Å². The molecule has 2 aliphatic rings. The van der Waals surface area contributed by atoms with Gasteiger partial charge < -0.3 is 29.0 Å². The van der Waals surface area contributed by atoms with E-state index in [1.807, 2.05) is 48.5 Å². The van der Waals surface area contributed by atoms with Gasteiger partial charge in [-0.2, -0.15) is 0 Å². The van der Waals surface area contributed by atoms with Crippen molar-refractivity contribution in [2.24, 2.45) is 0 Å². The Morgan fingerprint density at radius 2 is 1.42 bits per heavy atom. The van der Waals surface area contributed by atoms with Gasteiger partial charge in [-0.05, 0) is 48.5 Å². The maximum absolute atomic E-state index is 12.5. The minimum absolute atomic E-state index is 0.116. The van der Waals surface area contributed by atoms with Crippen LogP contribution in [0.1, 0.15) is 0 Å². The molecule has 2 aliphatic heterocycles. The van der Waals surface area contributed by atoms with Crippen LogP contribution >= 0.6 is 0 Å². The Labute approximate surface area is 208 Å². The fourth-order valence-electron chi connectivity index (χ4n) is 4.12. The number of carbonyl (C=O) groups is 2. The molecule has 4 atom stereocenters. The molecule has 0 bridgehead atoms. The van der Waals surface area contributed by atoms with Crippen LogP contribution in [-0.4, -0.2) is 56.2 Å². The van der Waals surface area contributed by atoms with Crippen LogP contribution in [-0.2, 0) is 19.0 Å². The number of fused-ring (bicyclic) bond motifs is 1. The lowest BCUT2D eigenvalue weighted by Crippen LogP contribution is -2.46. The van der Waals surface area contributed by atoms with E-state index in [-0.39, 0.29) is 31.8 Å². The van der Waals surface area contributed by atoms with Crippen LogP contribution in [0.4, 0.5) is 10.5 Å². The van der Waals surface area contributed by atoms with Gasteiger partial charge in [-0.25, -0.2) is 4.79 Å². The molecule has 0 aromatic heterocycles. The molecular formula is C27H26N2O7. The first-order valence-corrected chi connectivity index (χ1v) is 11.6. The minimum atomic E-state index is -0.617. The number of carbonyl (C=O) groups excluding carboxylic acids is 2. The Hall–Kier alpha value is -4.08. The molecule has 186 valence electrons. The summed E-state index contributed by atoms with van der Waals surface area (Å²) in [6.45, 7) is 0.325. The monoisotopic (exact) mass is 490 g/mol. The van der Waals surface area contributed by atoms with E-state index in [2.05, 4.69) is 10.6 Å². The van der Waals surface area contributed by atoms with Gasteiger partial charge in [-0.15, -0.1) is 0 Å². The van der Waals surface area contributed by atoms with Crippen LogP contribution < -0.4 is 20.1 Å². The normalized spacial score (nSPS) is 22.3. The average molecular weight is 491 g/mol. The third-order valence-corrected chi connectivity index (χ3v) is 5.81. The van der Waals surface area contributed by atoms with E-state index in [9.17, 15) is 9.59 Å². The molecule has 0 spiro atoms. The van der Waals surface area contributed by atoms with E-state index >= 15 is 0 Å². The molecule has 0 unspecified atom stereocenters. The van der Waals surface area contributed by atoms with E-state index in [1.165, 1.54) is 0 Å². The van der Waals surface area contributed by atoms with Gasteiger partial charge in [-0.3, -0.25) is 10.1 Å². The zero-order valence-electron chi connectivity index (χ0n) is 19.4. The van der Waals surface area contributed by atoms with E-state index in [0.717, 1.165) is 5.75 Å². The maximum Gasteiger partial charge on any atom is 0.412 e. The predicted octanol–water partition coefficient (Wildman–Crippen LogP) is 3.76. The molecule has 2 amide bonds. The third kappa shape index (κ3) is 5.94. The first kappa shape index (κ1) is 23.7. The summed E-state index contributed by atoms with van der Waals surface area (Å²) >= 11 is 0. The lowest BCUT2D eigenvalue weighted by atomic mass is 10.1. The second-order valence-corrected chi connectivity index (χ2v) is 8.38. The molecule has 3 aromatic carbocycles. The number of amides is 2. The van der Waals surface area contributed by atoms with Crippen molar-refractivity contribution in [3.63, 3.8) is 0 Å². The van der Waals surface area contributed by atoms with Gasteiger partial charge in [0.05, 0.1) is 19.3 Å². The van der Waals surface area contributed by atoms with Crippen LogP contribution in [0.15, 0.2) is 84.9 Å². The number of benzene rings is 3. The van der Waals surface area contributed by atoms with Crippen molar-refractivity contribution in [2.75, 3.05) is 25.1 Å². The Kier molecular flexibility index (Phi) is 7.30. The lowest BCUT2D eigenvalue weighted by molar-refractivity contribution is -0.124. The molecular weight excluding hydrogens is 464 g/mol. The highest BCUT2D eigenvalue weighted by Gasteiger charge is 2.50. The zero-order valence-corrected chi connectivity index (χ0v) is 19.4. The summed E-state index contributed by atoms with van der Waals surface area (Å²) in [5.41, 5.74) is 0.562. The molecule has 2 saturated heterocycles. The topological polar surface area (TPSA) is 104 Å².